The van der Waals surface area contributed by atoms with Crippen LogP contribution in [-0.2, 0) is 20.4 Å². The van der Waals surface area contributed by atoms with Crippen LogP contribution in [0.3, 0.4) is 0 Å². The summed E-state index contributed by atoms with van der Waals surface area (Å²) in [5.41, 5.74) is -0.968. The summed E-state index contributed by atoms with van der Waals surface area (Å²) < 4.78 is 37.8. The molecule has 0 radical (unpaired) electrons. The minimum Gasteiger partial charge on any atom is -0.462 e. The Bertz CT molecular complexity index is 553. The summed E-state index contributed by atoms with van der Waals surface area (Å²) in [6, 6.07) is 0. The van der Waals surface area contributed by atoms with E-state index in [2.05, 4.69) is 5.10 Å². The van der Waals surface area contributed by atoms with Crippen LogP contribution in [0.25, 0.3) is 0 Å². The molecule has 0 saturated heterocycles. The van der Waals surface area contributed by atoms with Crippen molar-refractivity contribution in [2.45, 2.75) is 38.3 Å². The summed E-state index contributed by atoms with van der Waals surface area (Å²) in [6.07, 6.45) is 1.08. The number of hydrogen-bond acceptors (Lipinski definition) is 5. The van der Waals surface area contributed by atoms with Gasteiger partial charge in [-0.1, -0.05) is 0 Å². The van der Waals surface area contributed by atoms with Crippen LogP contribution in [0, 0.1) is 0 Å². The Hall–Kier alpha value is -1.41. The molecule has 1 aromatic rings. The van der Waals surface area contributed by atoms with E-state index in [0.29, 0.717) is 0 Å². The van der Waals surface area contributed by atoms with Crippen molar-refractivity contribution in [3.63, 3.8) is 0 Å². The lowest BCUT2D eigenvalue weighted by Crippen LogP contribution is -2.27. The first kappa shape index (κ1) is 14.7. The summed E-state index contributed by atoms with van der Waals surface area (Å²) >= 11 is 0. The van der Waals surface area contributed by atoms with Gasteiger partial charge in [-0.25, -0.2) is 9.48 Å². The zero-order valence-electron chi connectivity index (χ0n) is 10.7. The van der Waals surface area contributed by atoms with Gasteiger partial charge in [0.25, 0.3) is 0 Å². The van der Waals surface area contributed by atoms with Gasteiger partial charge in [0.1, 0.15) is 5.56 Å². The highest BCUT2D eigenvalue weighted by Gasteiger charge is 2.32. The molecule has 1 N–H and O–H groups in total. The van der Waals surface area contributed by atoms with Crippen LogP contribution < -0.4 is 0 Å². The molecule has 8 heteroatoms. The number of rotatable bonds is 3. The lowest BCUT2D eigenvalue weighted by molar-refractivity contribution is 0.0520. The molecule has 0 fully saturated rings. The maximum absolute atomic E-state index is 11.6. The average molecular weight is 276 g/mol. The van der Waals surface area contributed by atoms with Crippen LogP contribution >= 0.6 is 0 Å². The monoisotopic (exact) mass is 276 g/mol. The van der Waals surface area contributed by atoms with Crippen molar-refractivity contribution in [1.82, 2.24) is 9.78 Å². The van der Waals surface area contributed by atoms with Gasteiger partial charge in [0.15, 0.2) is 5.03 Å². The molecular formula is C10H16N2O5S. The topological polar surface area (TPSA) is 98.5 Å². The van der Waals surface area contributed by atoms with E-state index in [1.165, 1.54) is 0 Å². The third kappa shape index (κ3) is 2.88. The van der Waals surface area contributed by atoms with Gasteiger partial charge >= 0.3 is 16.1 Å². The number of nitrogens with zero attached hydrogens (tertiary/aromatic N) is 2. The number of hydrogen-bond donors (Lipinski definition) is 1. The Balaban J connectivity index is 3.49. The maximum atomic E-state index is 11.6. The van der Waals surface area contributed by atoms with Gasteiger partial charge in [0, 0.05) is 0 Å². The number of aromatic nitrogens is 2. The Morgan fingerprint density at radius 2 is 2.06 bits per heavy atom. The summed E-state index contributed by atoms with van der Waals surface area (Å²) in [6.45, 7) is 6.79. The highest BCUT2D eigenvalue weighted by Crippen LogP contribution is 2.23. The fourth-order valence-electron chi connectivity index (χ4n) is 1.41. The molecule has 1 aromatic heterocycles. The molecule has 0 amide bonds. The van der Waals surface area contributed by atoms with Gasteiger partial charge in [-0.3, -0.25) is 4.55 Å². The summed E-state index contributed by atoms with van der Waals surface area (Å²) in [5, 5.41) is 3.29. The van der Waals surface area contributed by atoms with E-state index in [-0.39, 0.29) is 12.2 Å². The molecule has 0 aromatic carbocycles. The Morgan fingerprint density at radius 1 is 1.50 bits per heavy atom. The first-order valence-corrected chi connectivity index (χ1v) is 6.76. The molecule has 0 aliphatic carbocycles. The van der Waals surface area contributed by atoms with Crippen molar-refractivity contribution in [2.75, 3.05) is 6.61 Å². The Labute approximate surface area is 105 Å². The fourth-order valence-corrected chi connectivity index (χ4v) is 2.37. The van der Waals surface area contributed by atoms with E-state index >= 15 is 0 Å². The smallest absolute Gasteiger partial charge is 0.342 e. The number of carbonyl (C=O) groups excluding carboxylic acids is 1. The SMILES string of the molecule is CCOC(=O)c1cnn(C(C)(C)C)c1S(=O)(=O)O. The van der Waals surface area contributed by atoms with Crippen LogP contribution in [0.5, 0.6) is 0 Å². The molecule has 0 aliphatic rings. The van der Waals surface area contributed by atoms with E-state index in [1.54, 1.807) is 27.7 Å². The molecule has 1 heterocycles. The van der Waals surface area contributed by atoms with Gasteiger partial charge in [-0.2, -0.15) is 13.5 Å². The number of esters is 1. The third-order valence-electron chi connectivity index (χ3n) is 2.10. The molecule has 0 unspecified atom stereocenters. The first-order chi connectivity index (χ1) is 8.09. The zero-order chi connectivity index (χ0) is 14.1. The van der Waals surface area contributed by atoms with Crippen molar-refractivity contribution in [1.29, 1.82) is 0 Å². The van der Waals surface area contributed by atoms with Crippen LogP contribution in [-0.4, -0.2) is 35.3 Å². The van der Waals surface area contributed by atoms with Crippen molar-refractivity contribution in [2.24, 2.45) is 0 Å². The number of carbonyl (C=O) groups is 1. The fraction of sp³-hybridized carbons (Fsp3) is 0.600. The molecule has 0 aliphatic heterocycles. The van der Waals surface area contributed by atoms with E-state index in [4.69, 9.17) is 4.74 Å². The van der Waals surface area contributed by atoms with Gasteiger partial charge in [-0.15, -0.1) is 0 Å². The minimum absolute atomic E-state index is 0.102. The molecule has 0 spiro atoms. The molecule has 0 atom stereocenters. The quantitative estimate of drug-likeness (QED) is 0.654. The molecule has 0 bridgehead atoms. The lowest BCUT2D eigenvalue weighted by atomic mass is 10.1. The van der Waals surface area contributed by atoms with Gasteiger partial charge in [0.05, 0.1) is 18.3 Å². The zero-order valence-corrected chi connectivity index (χ0v) is 11.5. The molecular weight excluding hydrogens is 260 g/mol. The third-order valence-corrected chi connectivity index (χ3v) is 2.98. The van der Waals surface area contributed by atoms with Crippen molar-refractivity contribution < 1.29 is 22.5 Å². The van der Waals surface area contributed by atoms with Gasteiger partial charge in [-0.05, 0) is 27.7 Å². The second-order valence-electron chi connectivity index (χ2n) is 4.64. The van der Waals surface area contributed by atoms with Crippen LogP contribution in [0.2, 0.25) is 0 Å². The van der Waals surface area contributed by atoms with Gasteiger partial charge < -0.3 is 4.74 Å². The number of ether oxygens (including phenoxy) is 1. The van der Waals surface area contributed by atoms with Crippen molar-refractivity contribution in [3.05, 3.63) is 11.8 Å². The molecule has 102 valence electrons. The second kappa shape index (κ2) is 4.69. The van der Waals surface area contributed by atoms with E-state index in [1.807, 2.05) is 0 Å². The summed E-state index contributed by atoms with van der Waals surface area (Å²) in [7, 11) is -4.57. The molecule has 7 nitrogen and oxygen atoms in total. The van der Waals surface area contributed by atoms with Crippen LogP contribution in [0.1, 0.15) is 38.1 Å². The Kier molecular flexibility index (Phi) is 3.82. The highest BCUT2D eigenvalue weighted by atomic mass is 32.2. The second-order valence-corrected chi connectivity index (χ2v) is 5.98. The first-order valence-electron chi connectivity index (χ1n) is 5.32. The lowest BCUT2D eigenvalue weighted by Gasteiger charge is -2.21. The minimum atomic E-state index is -4.57. The normalized spacial score (nSPS) is 12.5. The van der Waals surface area contributed by atoms with E-state index < -0.39 is 26.7 Å². The Morgan fingerprint density at radius 3 is 2.44 bits per heavy atom. The van der Waals surface area contributed by atoms with Crippen LogP contribution in [0.4, 0.5) is 0 Å². The standard InChI is InChI=1S/C10H16N2O5S/c1-5-17-9(13)7-6-11-12(10(2,3)4)8(7)18(14,15)16/h6H,5H2,1-4H3,(H,14,15,16). The summed E-state index contributed by atoms with van der Waals surface area (Å²) in [5.74, 6) is -0.833. The highest BCUT2D eigenvalue weighted by molar-refractivity contribution is 7.85. The average Bonchev–Trinajstić information content (AvgIpc) is 2.60. The maximum Gasteiger partial charge on any atom is 0.342 e. The van der Waals surface area contributed by atoms with E-state index in [9.17, 15) is 17.8 Å². The summed E-state index contributed by atoms with van der Waals surface area (Å²) in [4.78, 5) is 11.6. The van der Waals surface area contributed by atoms with Crippen molar-refractivity contribution in [3.8, 4) is 0 Å². The molecule has 18 heavy (non-hydrogen) atoms. The predicted octanol–water partition coefficient (Wildman–Crippen LogP) is 1.06. The van der Waals surface area contributed by atoms with E-state index in [0.717, 1.165) is 10.9 Å². The largest absolute Gasteiger partial charge is 0.462 e. The molecule has 0 saturated carbocycles. The van der Waals surface area contributed by atoms with Crippen molar-refractivity contribution >= 4 is 16.1 Å². The van der Waals surface area contributed by atoms with Gasteiger partial charge in [0.2, 0.25) is 0 Å². The predicted molar refractivity (Wildman–Crippen MR) is 63.0 cm³/mol. The van der Waals surface area contributed by atoms with Crippen LogP contribution in [0.15, 0.2) is 11.2 Å². The molecule has 1 rings (SSSR count).